The molecule has 0 fully saturated rings. The monoisotopic (exact) mass is 458 g/mol. The number of amides is 2. The van der Waals surface area contributed by atoms with E-state index in [1.165, 1.54) is 10.5 Å². The largest absolute Gasteiger partial charge is 0.484 e. The molecular weight excluding hydrogens is 424 g/mol. The molecule has 0 aliphatic heterocycles. The molecule has 0 saturated carbocycles. The molecule has 2 aromatic rings. The first kappa shape index (κ1) is 25.7. The molecule has 1 N–H and O–H groups in total. The van der Waals surface area contributed by atoms with Crippen molar-refractivity contribution < 1.29 is 14.3 Å². The summed E-state index contributed by atoms with van der Waals surface area (Å²) in [5.41, 5.74) is 2.01. The molecular formula is C26H35ClN2O3. The van der Waals surface area contributed by atoms with E-state index in [0.29, 0.717) is 23.2 Å². The number of carbonyl (C=O) groups excluding carboxylic acids is 2. The first-order chi connectivity index (χ1) is 15.0. The van der Waals surface area contributed by atoms with Crippen molar-refractivity contribution in [3.63, 3.8) is 0 Å². The Labute approximate surface area is 197 Å². The van der Waals surface area contributed by atoms with Gasteiger partial charge in [0.05, 0.1) is 0 Å². The van der Waals surface area contributed by atoms with Crippen molar-refractivity contribution in [2.45, 2.75) is 59.5 Å². The van der Waals surface area contributed by atoms with Crippen molar-refractivity contribution in [3.05, 3.63) is 64.7 Å². The van der Waals surface area contributed by atoms with Crippen LogP contribution in [0.5, 0.6) is 5.75 Å². The van der Waals surface area contributed by atoms with Crippen LogP contribution in [0.3, 0.4) is 0 Å². The topological polar surface area (TPSA) is 58.6 Å². The predicted molar refractivity (Wildman–Crippen MR) is 130 cm³/mol. The Balaban J connectivity index is 2.13. The fraction of sp³-hybridized carbons (Fsp3) is 0.462. The number of rotatable bonds is 9. The van der Waals surface area contributed by atoms with Gasteiger partial charge in [0, 0.05) is 18.1 Å². The van der Waals surface area contributed by atoms with Crippen LogP contribution >= 0.6 is 11.6 Å². The molecule has 174 valence electrons. The summed E-state index contributed by atoms with van der Waals surface area (Å²) in [7, 11) is 0. The van der Waals surface area contributed by atoms with Gasteiger partial charge in [-0.1, -0.05) is 76.6 Å². The Morgan fingerprint density at radius 2 is 1.66 bits per heavy atom. The maximum absolute atomic E-state index is 13.1. The lowest BCUT2D eigenvalue weighted by Crippen LogP contribution is -2.49. The SMILES string of the molecule is CC(C)CNC(=O)C(C)N(Cc1ccccc1Cl)C(=O)COc1ccc(C(C)(C)C)cc1. The number of nitrogens with zero attached hydrogens (tertiary/aromatic N) is 1. The van der Waals surface area contributed by atoms with E-state index in [1.54, 1.807) is 13.0 Å². The van der Waals surface area contributed by atoms with Crippen LogP contribution in [0.2, 0.25) is 5.02 Å². The van der Waals surface area contributed by atoms with E-state index < -0.39 is 6.04 Å². The van der Waals surface area contributed by atoms with Gasteiger partial charge in [0.2, 0.25) is 5.91 Å². The smallest absolute Gasteiger partial charge is 0.261 e. The maximum Gasteiger partial charge on any atom is 0.261 e. The fourth-order valence-corrected chi connectivity index (χ4v) is 3.32. The number of hydrogen-bond acceptors (Lipinski definition) is 3. The lowest BCUT2D eigenvalue weighted by Gasteiger charge is -2.29. The quantitative estimate of drug-likeness (QED) is 0.561. The first-order valence-corrected chi connectivity index (χ1v) is 11.4. The minimum Gasteiger partial charge on any atom is -0.484 e. The molecule has 2 aromatic carbocycles. The summed E-state index contributed by atoms with van der Waals surface area (Å²) in [6, 6.07) is 14.4. The van der Waals surface area contributed by atoms with E-state index in [-0.39, 0.29) is 30.4 Å². The zero-order valence-corrected chi connectivity index (χ0v) is 20.7. The van der Waals surface area contributed by atoms with Crippen LogP contribution in [0.25, 0.3) is 0 Å². The molecule has 6 heteroatoms. The molecule has 0 radical (unpaired) electrons. The highest BCUT2D eigenvalue weighted by Crippen LogP contribution is 2.24. The Bertz CT molecular complexity index is 904. The second kappa shape index (κ2) is 11.4. The van der Waals surface area contributed by atoms with Gasteiger partial charge >= 0.3 is 0 Å². The van der Waals surface area contributed by atoms with Gasteiger partial charge in [-0.25, -0.2) is 0 Å². The highest BCUT2D eigenvalue weighted by molar-refractivity contribution is 6.31. The second-order valence-corrected chi connectivity index (χ2v) is 9.90. The van der Waals surface area contributed by atoms with Crippen LogP contribution in [-0.2, 0) is 21.5 Å². The molecule has 0 saturated heterocycles. The molecule has 0 heterocycles. The highest BCUT2D eigenvalue weighted by atomic mass is 35.5. The van der Waals surface area contributed by atoms with E-state index in [1.807, 2.05) is 56.3 Å². The second-order valence-electron chi connectivity index (χ2n) is 9.49. The molecule has 0 aliphatic carbocycles. The van der Waals surface area contributed by atoms with Crippen LogP contribution in [-0.4, -0.2) is 35.9 Å². The van der Waals surface area contributed by atoms with Crippen molar-refractivity contribution in [2.75, 3.05) is 13.2 Å². The molecule has 32 heavy (non-hydrogen) atoms. The molecule has 1 unspecified atom stereocenters. The number of ether oxygens (including phenoxy) is 1. The minimum absolute atomic E-state index is 0.0406. The predicted octanol–water partition coefficient (Wildman–Crippen LogP) is 5.21. The zero-order valence-electron chi connectivity index (χ0n) is 19.9. The van der Waals surface area contributed by atoms with E-state index in [2.05, 4.69) is 26.1 Å². The molecule has 0 aliphatic rings. The van der Waals surface area contributed by atoms with Crippen LogP contribution in [0, 0.1) is 5.92 Å². The van der Waals surface area contributed by atoms with Gasteiger partial charge < -0.3 is 15.0 Å². The molecule has 2 rings (SSSR count). The normalized spacial score (nSPS) is 12.4. The van der Waals surface area contributed by atoms with Gasteiger partial charge in [0.25, 0.3) is 5.91 Å². The van der Waals surface area contributed by atoms with Crippen molar-refractivity contribution in [2.24, 2.45) is 5.92 Å². The zero-order chi connectivity index (χ0) is 23.9. The summed E-state index contributed by atoms with van der Waals surface area (Å²) in [5.74, 6) is 0.449. The Morgan fingerprint density at radius 3 is 2.22 bits per heavy atom. The average molecular weight is 459 g/mol. The summed E-state index contributed by atoms with van der Waals surface area (Å²) >= 11 is 6.31. The number of carbonyl (C=O) groups is 2. The Kier molecular flexibility index (Phi) is 9.14. The van der Waals surface area contributed by atoms with E-state index >= 15 is 0 Å². The van der Waals surface area contributed by atoms with Gasteiger partial charge in [-0.2, -0.15) is 0 Å². The third-order valence-corrected chi connectivity index (χ3v) is 5.60. The number of benzene rings is 2. The highest BCUT2D eigenvalue weighted by Gasteiger charge is 2.27. The molecule has 0 aromatic heterocycles. The number of halogens is 1. The Morgan fingerprint density at radius 1 is 1.03 bits per heavy atom. The Hall–Kier alpha value is -2.53. The van der Waals surface area contributed by atoms with Crippen molar-refractivity contribution in [1.82, 2.24) is 10.2 Å². The fourth-order valence-electron chi connectivity index (χ4n) is 3.12. The van der Waals surface area contributed by atoms with Gasteiger partial charge in [-0.15, -0.1) is 0 Å². The average Bonchev–Trinajstić information content (AvgIpc) is 2.74. The van der Waals surface area contributed by atoms with Gasteiger partial charge in [-0.05, 0) is 47.6 Å². The van der Waals surface area contributed by atoms with Crippen LogP contribution in [0.15, 0.2) is 48.5 Å². The molecule has 0 spiro atoms. The summed E-state index contributed by atoms with van der Waals surface area (Å²) in [6.07, 6.45) is 0. The maximum atomic E-state index is 13.1. The lowest BCUT2D eigenvalue weighted by molar-refractivity contribution is -0.142. The first-order valence-electron chi connectivity index (χ1n) is 11.0. The van der Waals surface area contributed by atoms with Crippen LogP contribution < -0.4 is 10.1 Å². The summed E-state index contributed by atoms with van der Waals surface area (Å²) < 4.78 is 5.76. The minimum atomic E-state index is -0.663. The lowest BCUT2D eigenvalue weighted by atomic mass is 9.87. The standard InChI is InChI=1S/C26H35ClN2O3/c1-18(2)15-28-25(31)19(3)29(16-20-9-7-8-10-23(20)27)24(30)17-32-22-13-11-21(12-14-22)26(4,5)6/h7-14,18-19H,15-17H2,1-6H3,(H,28,31). The van der Waals surface area contributed by atoms with Crippen molar-refractivity contribution >= 4 is 23.4 Å². The third kappa shape index (κ3) is 7.56. The number of nitrogens with one attached hydrogen (secondary N) is 1. The van der Waals surface area contributed by atoms with E-state index in [9.17, 15) is 9.59 Å². The van der Waals surface area contributed by atoms with Crippen molar-refractivity contribution in [1.29, 1.82) is 0 Å². The number of hydrogen-bond donors (Lipinski definition) is 1. The van der Waals surface area contributed by atoms with E-state index in [4.69, 9.17) is 16.3 Å². The van der Waals surface area contributed by atoms with E-state index in [0.717, 1.165) is 5.56 Å². The van der Waals surface area contributed by atoms with Gasteiger partial charge in [0.1, 0.15) is 11.8 Å². The molecule has 1 atom stereocenters. The van der Waals surface area contributed by atoms with Crippen molar-refractivity contribution in [3.8, 4) is 5.75 Å². The third-order valence-electron chi connectivity index (χ3n) is 5.23. The van der Waals surface area contributed by atoms with Crippen LogP contribution in [0.4, 0.5) is 0 Å². The summed E-state index contributed by atoms with van der Waals surface area (Å²) in [5, 5.41) is 3.46. The molecule has 5 nitrogen and oxygen atoms in total. The molecule has 2 amide bonds. The summed E-state index contributed by atoms with van der Waals surface area (Å²) in [4.78, 5) is 27.3. The van der Waals surface area contributed by atoms with Gasteiger partial charge in [0.15, 0.2) is 6.61 Å². The van der Waals surface area contributed by atoms with Crippen LogP contribution in [0.1, 0.15) is 52.7 Å². The molecule has 0 bridgehead atoms. The summed E-state index contributed by atoms with van der Waals surface area (Å²) in [6.45, 7) is 12.8. The van der Waals surface area contributed by atoms with Gasteiger partial charge in [-0.3, -0.25) is 9.59 Å².